The molecule has 0 aliphatic carbocycles. The van der Waals surface area contributed by atoms with Gasteiger partial charge in [0.25, 0.3) is 0 Å². The second-order valence-corrected chi connectivity index (χ2v) is 24.2. The maximum Gasteiger partial charge on any atom is 0 e. The number of furan rings is 1. The summed E-state index contributed by atoms with van der Waals surface area (Å²) in [5, 5.41) is 2.04. The van der Waals surface area contributed by atoms with E-state index in [0.717, 1.165) is 44.3 Å². The number of aromatic nitrogens is 2. The summed E-state index contributed by atoms with van der Waals surface area (Å²) in [7, 11) is 0. The van der Waals surface area contributed by atoms with Crippen LogP contribution in [0.3, 0.4) is 0 Å². The van der Waals surface area contributed by atoms with E-state index in [2.05, 4.69) is 75.8 Å². The van der Waals surface area contributed by atoms with E-state index in [0.29, 0.717) is 16.8 Å². The van der Waals surface area contributed by atoms with Crippen molar-refractivity contribution in [1.82, 2.24) is 9.97 Å². The van der Waals surface area contributed by atoms with Crippen molar-refractivity contribution in [3.8, 4) is 33.6 Å². The zero-order valence-electron chi connectivity index (χ0n) is 29.7. The zero-order valence-corrected chi connectivity index (χ0v) is 32.2. The molecule has 3 aromatic heterocycles. The molecule has 47 heavy (non-hydrogen) atoms. The Labute approximate surface area is 298 Å². The number of fused-ring (bicyclic) bond motifs is 3. The standard InChI is InChI=1S/C28H24NO.C14H16GeN.Ir/c1-28(2,3)18-19-14-15-29-25(16-19)23-11-7-10-22-24-17-21(20-8-5-4-6-9-20)12-13-26(24)30-27(22)23;1-15(2,3)13-9-10-14(16-11-13)12-7-5-4-6-8-12;/h4-10,12-17H,18H2,1-3H3;4-7,9-11H,1-3H3;/q2*-1;/i18D2;;. The molecule has 3 heterocycles. The van der Waals surface area contributed by atoms with Gasteiger partial charge in [-0.25, -0.2) is 0 Å². The summed E-state index contributed by atoms with van der Waals surface area (Å²) >= 11 is -1.72. The number of hydrogen-bond donors (Lipinski definition) is 0. The normalized spacial score (nSPS) is 12.5. The number of benzene rings is 4. The van der Waals surface area contributed by atoms with E-state index in [4.69, 9.17) is 7.16 Å². The molecule has 7 aromatic rings. The van der Waals surface area contributed by atoms with Gasteiger partial charge in [-0.3, -0.25) is 0 Å². The summed E-state index contributed by atoms with van der Waals surface area (Å²) in [6.45, 7) is 5.72. The molecule has 0 atom stereocenters. The van der Waals surface area contributed by atoms with Crippen LogP contribution in [-0.4, -0.2) is 23.2 Å². The van der Waals surface area contributed by atoms with Crippen LogP contribution in [-0.2, 0) is 26.5 Å². The Balaban J connectivity index is 0.000000233. The minimum atomic E-state index is -1.72. The third kappa shape index (κ3) is 8.37. The molecule has 0 saturated carbocycles. The number of hydrogen-bond acceptors (Lipinski definition) is 3. The van der Waals surface area contributed by atoms with Gasteiger partial charge in [0.05, 0.1) is 5.58 Å². The minimum absolute atomic E-state index is 0. The molecule has 1 radical (unpaired) electrons. The predicted octanol–water partition coefficient (Wildman–Crippen LogP) is 10.8. The molecule has 0 saturated heterocycles. The average molecular weight is 856 g/mol. The molecule has 0 fully saturated rings. The molecule has 0 N–H and O–H groups in total. The van der Waals surface area contributed by atoms with Crippen molar-refractivity contribution in [1.29, 1.82) is 0 Å². The van der Waals surface area contributed by atoms with Crippen molar-refractivity contribution < 1.29 is 27.3 Å². The van der Waals surface area contributed by atoms with E-state index in [1.165, 1.54) is 4.40 Å². The van der Waals surface area contributed by atoms with Crippen LogP contribution in [0.5, 0.6) is 0 Å². The van der Waals surface area contributed by atoms with Crippen LogP contribution in [0.2, 0.25) is 17.3 Å². The molecule has 0 spiro atoms. The number of rotatable bonds is 5. The average Bonchev–Trinajstić information content (AvgIpc) is 3.47. The fourth-order valence-electron chi connectivity index (χ4n) is 5.37. The van der Waals surface area contributed by atoms with Crippen LogP contribution in [0, 0.1) is 17.5 Å². The second-order valence-electron chi connectivity index (χ2n) is 13.5. The maximum absolute atomic E-state index is 8.64. The molecule has 239 valence electrons. The van der Waals surface area contributed by atoms with Crippen molar-refractivity contribution in [2.75, 3.05) is 0 Å². The zero-order chi connectivity index (χ0) is 34.1. The number of pyridine rings is 2. The Kier molecular flexibility index (Phi) is 9.81. The first-order valence-corrected chi connectivity index (χ1v) is 23.0. The largest absolute Gasteiger partial charge is 0 e. The molecule has 4 aromatic carbocycles. The molecule has 0 aliphatic heterocycles. The third-order valence-electron chi connectivity index (χ3n) is 7.69. The van der Waals surface area contributed by atoms with E-state index in [1.807, 2.05) is 93.7 Å². The van der Waals surface area contributed by atoms with Crippen molar-refractivity contribution in [2.45, 2.75) is 44.4 Å². The van der Waals surface area contributed by atoms with Gasteiger partial charge in [-0.2, -0.15) is 0 Å². The summed E-state index contributed by atoms with van der Waals surface area (Å²) in [6, 6.07) is 42.7. The quantitative estimate of drug-likeness (QED) is 0.128. The fourth-order valence-corrected chi connectivity index (χ4v) is 7.54. The van der Waals surface area contributed by atoms with Gasteiger partial charge in [-0.15, -0.1) is 18.2 Å². The van der Waals surface area contributed by atoms with Gasteiger partial charge in [0.1, 0.15) is 5.58 Å². The van der Waals surface area contributed by atoms with Crippen LogP contribution in [0.1, 0.15) is 29.1 Å². The van der Waals surface area contributed by atoms with Gasteiger partial charge in [-0.05, 0) is 46.8 Å². The maximum atomic E-state index is 8.64. The van der Waals surface area contributed by atoms with Crippen molar-refractivity contribution >= 4 is 39.6 Å². The Hall–Kier alpha value is -3.83. The fraction of sp³-hybridized carbons (Fsp3) is 0.190. The smallest absolute Gasteiger partial charge is 0 e. The first-order valence-electron chi connectivity index (χ1n) is 16.7. The molecular weight excluding hydrogens is 813 g/mol. The summed E-state index contributed by atoms with van der Waals surface area (Å²) in [6.07, 6.45) is 2.20. The number of nitrogens with zero attached hydrogens (tertiary/aromatic N) is 2. The summed E-state index contributed by atoms with van der Waals surface area (Å²) < 4.78 is 25.0. The van der Waals surface area contributed by atoms with Gasteiger partial charge in [0.15, 0.2) is 0 Å². The first kappa shape index (κ1) is 31.8. The van der Waals surface area contributed by atoms with E-state index >= 15 is 0 Å². The summed E-state index contributed by atoms with van der Waals surface area (Å²) in [5.41, 5.74) is 7.34. The third-order valence-corrected chi connectivity index (χ3v) is 11.9. The van der Waals surface area contributed by atoms with Crippen molar-refractivity contribution in [3.05, 3.63) is 139 Å². The van der Waals surface area contributed by atoms with Gasteiger partial charge in [-0.1, -0.05) is 79.7 Å². The van der Waals surface area contributed by atoms with Gasteiger partial charge < -0.3 is 9.40 Å². The molecule has 0 aliphatic rings. The minimum Gasteiger partial charge on any atom is 0 e. The Morgan fingerprint density at radius 2 is 1.53 bits per heavy atom. The Morgan fingerprint density at radius 1 is 0.745 bits per heavy atom. The topological polar surface area (TPSA) is 38.9 Å². The molecular formula is C42H40GeIrN2O-2. The van der Waals surface area contributed by atoms with E-state index in [-0.39, 0.29) is 20.1 Å². The van der Waals surface area contributed by atoms with Gasteiger partial charge in [0.2, 0.25) is 0 Å². The van der Waals surface area contributed by atoms with Crippen LogP contribution < -0.4 is 4.40 Å². The molecule has 0 unspecified atom stereocenters. The first-order chi connectivity index (χ1) is 22.8. The predicted molar refractivity (Wildman–Crippen MR) is 196 cm³/mol. The summed E-state index contributed by atoms with van der Waals surface area (Å²) in [4.78, 5) is 9.06. The van der Waals surface area contributed by atoms with E-state index in [1.54, 1.807) is 12.3 Å². The van der Waals surface area contributed by atoms with Crippen LogP contribution in [0.4, 0.5) is 0 Å². The molecule has 7 rings (SSSR count). The SMILES string of the molecule is [2H]C([2H])(c1ccnc(-c2[c-]ccc3c2oc2ccc(-c4ccccc4)cc23)c1)C(C)(C)C.[CH3][Ge]([CH3])([CH3])[c]1ccc(-c2[c-]cccc2)nc1.[Ir]. The van der Waals surface area contributed by atoms with Gasteiger partial charge in [0, 0.05) is 34.4 Å². The molecule has 3 nitrogen and oxygen atoms in total. The van der Waals surface area contributed by atoms with Crippen LogP contribution in [0.15, 0.2) is 126 Å². The molecule has 5 heteroatoms. The molecule has 0 amide bonds. The molecule has 0 bridgehead atoms. The Bertz CT molecular complexity index is 2170. The van der Waals surface area contributed by atoms with Crippen LogP contribution >= 0.6 is 0 Å². The second kappa shape index (κ2) is 14.5. The van der Waals surface area contributed by atoms with E-state index < -0.39 is 25.1 Å². The van der Waals surface area contributed by atoms with Gasteiger partial charge >= 0.3 is 99.8 Å². The van der Waals surface area contributed by atoms with Crippen molar-refractivity contribution in [3.63, 3.8) is 0 Å². The van der Waals surface area contributed by atoms with Crippen LogP contribution in [0.25, 0.3) is 55.6 Å². The van der Waals surface area contributed by atoms with E-state index in [9.17, 15) is 0 Å². The monoisotopic (exact) mass is 857 g/mol. The van der Waals surface area contributed by atoms with Crippen molar-refractivity contribution in [2.24, 2.45) is 5.41 Å². The summed E-state index contributed by atoms with van der Waals surface area (Å²) in [5.74, 6) is 7.14. The Morgan fingerprint density at radius 3 is 2.21 bits per heavy atom.